The first-order valence-corrected chi connectivity index (χ1v) is 5.98. The van der Waals surface area contributed by atoms with Crippen molar-refractivity contribution in [1.82, 2.24) is 0 Å². The molecule has 0 amide bonds. The molecule has 0 radical (unpaired) electrons. The summed E-state index contributed by atoms with van der Waals surface area (Å²) in [5, 5.41) is 19.3. The summed E-state index contributed by atoms with van der Waals surface area (Å²) in [4.78, 5) is 11.2. The molecule has 1 fully saturated rings. The Labute approximate surface area is 105 Å². The molecule has 1 aromatic rings. The van der Waals surface area contributed by atoms with Crippen LogP contribution in [0.5, 0.6) is 11.5 Å². The lowest BCUT2D eigenvalue weighted by molar-refractivity contribution is 0.0697. The second kappa shape index (κ2) is 4.76. The number of carboxylic acid groups (broad SMARTS) is 1. The first kappa shape index (κ1) is 12.5. The van der Waals surface area contributed by atoms with E-state index in [2.05, 4.69) is 0 Å². The topological polar surface area (TPSA) is 92.8 Å². The van der Waals surface area contributed by atoms with Gasteiger partial charge in [0.15, 0.2) is 11.5 Å². The summed E-state index contributed by atoms with van der Waals surface area (Å²) in [7, 11) is 1.37. The van der Waals surface area contributed by atoms with Gasteiger partial charge < -0.3 is 20.7 Å². The Kier molecular flexibility index (Phi) is 3.32. The third kappa shape index (κ3) is 1.96. The van der Waals surface area contributed by atoms with Crippen LogP contribution in [0.3, 0.4) is 0 Å². The van der Waals surface area contributed by atoms with Gasteiger partial charge in [0.25, 0.3) is 0 Å². The summed E-state index contributed by atoms with van der Waals surface area (Å²) in [6, 6.07) is 1.48. The molecule has 0 bridgehead atoms. The lowest BCUT2D eigenvalue weighted by Crippen LogP contribution is -2.07. The van der Waals surface area contributed by atoms with Gasteiger partial charge in [-0.2, -0.15) is 0 Å². The minimum absolute atomic E-state index is 0.00782. The molecule has 0 aliphatic heterocycles. The van der Waals surface area contributed by atoms with Gasteiger partial charge in [-0.15, -0.1) is 0 Å². The van der Waals surface area contributed by atoms with Crippen molar-refractivity contribution in [2.45, 2.75) is 31.6 Å². The molecule has 0 atom stereocenters. The number of nitrogens with two attached hydrogens (primary N) is 1. The summed E-state index contributed by atoms with van der Waals surface area (Å²) in [5.74, 6) is -0.869. The fourth-order valence-corrected chi connectivity index (χ4v) is 2.61. The summed E-state index contributed by atoms with van der Waals surface area (Å²) in [5.41, 5.74) is 6.30. The van der Waals surface area contributed by atoms with Crippen LogP contribution in [0, 0.1) is 0 Å². The average Bonchev–Trinajstić information content (AvgIpc) is 2.83. The van der Waals surface area contributed by atoms with E-state index in [1.807, 2.05) is 0 Å². The number of phenolic OH excluding ortho intramolecular Hbond substituents is 1. The molecule has 98 valence electrons. The van der Waals surface area contributed by atoms with E-state index in [0.29, 0.717) is 5.56 Å². The van der Waals surface area contributed by atoms with Crippen molar-refractivity contribution in [2.75, 3.05) is 12.8 Å². The van der Waals surface area contributed by atoms with E-state index >= 15 is 0 Å². The van der Waals surface area contributed by atoms with Crippen molar-refractivity contribution in [3.63, 3.8) is 0 Å². The monoisotopic (exact) mass is 251 g/mol. The van der Waals surface area contributed by atoms with Crippen LogP contribution in [0.1, 0.15) is 47.5 Å². The number of carboxylic acids is 1. The van der Waals surface area contributed by atoms with Crippen LogP contribution in [0.15, 0.2) is 6.07 Å². The van der Waals surface area contributed by atoms with E-state index in [-0.39, 0.29) is 28.7 Å². The molecule has 0 heterocycles. The van der Waals surface area contributed by atoms with E-state index in [9.17, 15) is 9.90 Å². The number of hydrogen-bond donors (Lipinski definition) is 3. The molecular formula is C13H17NO4. The number of aromatic carboxylic acids is 1. The lowest BCUT2D eigenvalue weighted by atomic mass is 9.93. The third-order valence-electron chi connectivity index (χ3n) is 3.55. The predicted molar refractivity (Wildman–Crippen MR) is 67.2 cm³/mol. The van der Waals surface area contributed by atoms with Gasteiger partial charge in [0.05, 0.1) is 18.4 Å². The first-order valence-electron chi connectivity index (χ1n) is 5.98. The lowest BCUT2D eigenvalue weighted by Gasteiger charge is -2.17. The number of aromatic hydroxyl groups is 1. The number of benzene rings is 1. The van der Waals surface area contributed by atoms with E-state index in [1.165, 1.54) is 13.2 Å². The highest BCUT2D eigenvalue weighted by Crippen LogP contribution is 2.46. The Morgan fingerprint density at radius 3 is 2.56 bits per heavy atom. The maximum Gasteiger partial charge on any atom is 0.337 e. The largest absolute Gasteiger partial charge is 0.504 e. The molecule has 5 heteroatoms. The molecule has 1 aromatic carbocycles. The van der Waals surface area contributed by atoms with E-state index in [4.69, 9.17) is 15.6 Å². The van der Waals surface area contributed by atoms with E-state index in [1.54, 1.807) is 0 Å². The Morgan fingerprint density at radius 1 is 1.44 bits per heavy atom. The zero-order valence-corrected chi connectivity index (χ0v) is 10.3. The Hall–Kier alpha value is -1.91. The second-order valence-electron chi connectivity index (χ2n) is 4.60. The molecule has 0 aromatic heterocycles. The number of nitrogen functional groups attached to an aromatic ring is 1. The maximum absolute atomic E-state index is 11.2. The Morgan fingerprint density at radius 2 is 2.06 bits per heavy atom. The van der Waals surface area contributed by atoms with Crippen molar-refractivity contribution < 1.29 is 19.7 Å². The SMILES string of the molecule is COc1c(N)c(C(=O)O)cc(C2CCCC2)c1O. The molecule has 18 heavy (non-hydrogen) atoms. The molecule has 1 aliphatic carbocycles. The van der Waals surface area contributed by atoms with Crippen molar-refractivity contribution in [3.8, 4) is 11.5 Å². The Balaban J connectivity index is 2.58. The third-order valence-corrected chi connectivity index (χ3v) is 3.55. The highest BCUT2D eigenvalue weighted by atomic mass is 16.5. The van der Waals surface area contributed by atoms with Crippen LogP contribution in [0.2, 0.25) is 0 Å². The van der Waals surface area contributed by atoms with Crippen LogP contribution < -0.4 is 10.5 Å². The number of phenols is 1. The molecule has 4 N–H and O–H groups in total. The van der Waals surface area contributed by atoms with Crippen molar-refractivity contribution >= 4 is 11.7 Å². The van der Waals surface area contributed by atoms with Gasteiger partial charge in [0.2, 0.25) is 0 Å². The molecule has 0 unspecified atom stereocenters. The zero-order valence-electron chi connectivity index (χ0n) is 10.3. The van der Waals surface area contributed by atoms with Crippen LogP contribution in [0.25, 0.3) is 0 Å². The minimum Gasteiger partial charge on any atom is -0.504 e. The number of ether oxygens (including phenoxy) is 1. The van der Waals surface area contributed by atoms with Crippen LogP contribution in [0.4, 0.5) is 5.69 Å². The summed E-state index contributed by atoms with van der Waals surface area (Å²) in [6.45, 7) is 0. The average molecular weight is 251 g/mol. The molecule has 0 saturated heterocycles. The summed E-state index contributed by atoms with van der Waals surface area (Å²) >= 11 is 0. The number of hydrogen-bond acceptors (Lipinski definition) is 4. The molecule has 5 nitrogen and oxygen atoms in total. The van der Waals surface area contributed by atoms with Gasteiger partial charge in [-0.3, -0.25) is 0 Å². The van der Waals surface area contributed by atoms with E-state index in [0.717, 1.165) is 25.7 Å². The number of methoxy groups -OCH3 is 1. The van der Waals surface area contributed by atoms with Crippen LogP contribution >= 0.6 is 0 Å². The van der Waals surface area contributed by atoms with Crippen LogP contribution in [-0.2, 0) is 0 Å². The number of anilines is 1. The smallest absolute Gasteiger partial charge is 0.337 e. The second-order valence-corrected chi connectivity index (χ2v) is 4.60. The summed E-state index contributed by atoms with van der Waals surface area (Å²) < 4.78 is 5.03. The Bertz CT molecular complexity index is 478. The van der Waals surface area contributed by atoms with Gasteiger partial charge >= 0.3 is 5.97 Å². The minimum atomic E-state index is -1.11. The molecule has 2 rings (SSSR count). The normalized spacial score (nSPS) is 15.8. The highest BCUT2D eigenvalue weighted by Gasteiger charge is 2.26. The van der Waals surface area contributed by atoms with Gasteiger partial charge in [-0.1, -0.05) is 12.8 Å². The van der Waals surface area contributed by atoms with Gasteiger partial charge in [-0.05, 0) is 24.8 Å². The molecule has 1 aliphatic rings. The molecule has 0 spiro atoms. The first-order chi connectivity index (χ1) is 8.56. The zero-order chi connectivity index (χ0) is 13.3. The quantitative estimate of drug-likeness (QED) is 0.717. The predicted octanol–water partition coefficient (Wildman–Crippen LogP) is 2.34. The fourth-order valence-electron chi connectivity index (χ4n) is 2.61. The molecule has 1 saturated carbocycles. The number of rotatable bonds is 3. The summed E-state index contributed by atoms with van der Waals surface area (Å²) in [6.07, 6.45) is 4.11. The van der Waals surface area contributed by atoms with Crippen LogP contribution in [-0.4, -0.2) is 23.3 Å². The van der Waals surface area contributed by atoms with Crippen molar-refractivity contribution in [3.05, 3.63) is 17.2 Å². The van der Waals surface area contributed by atoms with Gasteiger partial charge in [0.1, 0.15) is 0 Å². The van der Waals surface area contributed by atoms with Gasteiger partial charge in [-0.25, -0.2) is 4.79 Å². The van der Waals surface area contributed by atoms with E-state index < -0.39 is 5.97 Å². The maximum atomic E-state index is 11.2. The van der Waals surface area contributed by atoms with Gasteiger partial charge in [0, 0.05) is 5.56 Å². The van der Waals surface area contributed by atoms with Crippen molar-refractivity contribution in [1.29, 1.82) is 0 Å². The highest BCUT2D eigenvalue weighted by molar-refractivity contribution is 5.96. The van der Waals surface area contributed by atoms with Crippen molar-refractivity contribution in [2.24, 2.45) is 0 Å². The number of carbonyl (C=O) groups is 1. The fraction of sp³-hybridized carbons (Fsp3) is 0.462. The molecular weight excluding hydrogens is 234 g/mol. The standard InChI is InChI=1S/C13H17NO4/c1-18-12-10(14)9(13(16)17)6-8(11(12)15)7-4-2-3-5-7/h6-7,15H,2-5,14H2,1H3,(H,16,17).